The van der Waals surface area contributed by atoms with Crippen molar-refractivity contribution in [1.29, 1.82) is 0 Å². The van der Waals surface area contributed by atoms with Crippen molar-refractivity contribution in [3.8, 4) is 5.75 Å². The summed E-state index contributed by atoms with van der Waals surface area (Å²) in [6, 6.07) is 7.90. The van der Waals surface area contributed by atoms with Gasteiger partial charge in [0.05, 0.1) is 6.61 Å². The van der Waals surface area contributed by atoms with Crippen molar-refractivity contribution < 1.29 is 9.53 Å². The maximum atomic E-state index is 10.8. The van der Waals surface area contributed by atoms with E-state index in [1.54, 1.807) is 6.92 Å². The lowest BCUT2D eigenvalue weighted by molar-refractivity contribution is -0.116. The third-order valence-corrected chi connectivity index (χ3v) is 2.28. The molecule has 1 aromatic carbocycles. The highest BCUT2D eigenvalue weighted by Crippen LogP contribution is 2.13. The maximum absolute atomic E-state index is 10.8. The Hall–Kier alpha value is -1.57. The molecule has 0 radical (unpaired) electrons. The molecule has 0 aliphatic rings. The van der Waals surface area contributed by atoms with Gasteiger partial charge in [-0.15, -0.1) is 6.58 Å². The average molecular weight is 218 g/mol. The lowest BCUT2D eigenvalue weighted by Gasteiger charge is -2.05. The fraction of sp³-hybridized carbons (Fsp3) is 0.357. The summed E-state index contributed by atoms with van der Waals surface area (Å²) in [5, 5.41) is 0. The smallest absolute Gasteiger partial charge is 0.130 e. The molecule has 86 valence electrons. The Kier molecular flexibility index (Phi) is 5.34. The van der Waals surface area contributed by atoms with Crippen molar-refractivity contribution in [3.63, 3.8) is 0 Å². The van der Waals surface area contributed by atoms with Gasteiger partial charge in [-0.25, -0.2) is 0 Å². The molecular formula is C14H18O2. The van der Waals surface area contributed by atoms with E-state index in [-0.39, 0.29) is 5.78 Å². The SMILES string of the molecule is C=CCCOc1ccc(CCC(C)=O)cc1. The zero-order valence-electron chi connectivity index (χ0n) is 9.74. The first-order chi connectivity index (χ1) is 7.72. The van der Waals surface area contributed by atoms with Crippen molar-refractivity contribution >= 4 is 5.78 Å². The summed E-state index contributed by atoms with van der Waals surface area (Å²) in [7, 11) is 0. The number of carbonyl (C=O) groups excluding carboxylic acids is 1. The monoisotopic (exact) mass is 218 g/mol. The number of aryl methyl sites for hydroxylation is 1. The molecule has 0 unspecified atom stereocenters. The van der Waals surface area contributed by atoms with Crippen LogP contribution in [0, 0.1) is 0 Å². The van der Waals surface area contributed by atoms with Crippen LogP contribution < -0.4 is 4.74 Å². The van der Waals surface area contributed by atoms with Crippen molar-refractivity contribution in [2.45, 2.75) is 26.2 Å². The number of Topliss-reactive ketones (excluding diaryl/α,β-unsaturated/α-hetero) is 1. The van der Waals surface area contributed by atoms with Gasteiger partial charge in [-0.05, 0) is 37.5 Å². The first-order valence-corrected chi connectivity index (χ1v) is 5.54. The van der Waals surface area contributed by atoms with Gasteiger partial charge in [0.2, 0.25) is 0 Å². The Morgan fingerprint density at radius 2 is 2.06 bits per heavy atom. The number of carbonyl (C=O) groups is 1. The summed E-state index contributed by atoms with van der Waals surface area (Å²) in [5.41, 5.74) is 1.17. The van der Waals surface area contributed by atoms with Gasteiger partial charge < -0.3 is 9.53 Å². The highest BCUT2D eigenvalue weighted by molar-refractivity contribution is 5.75. The fourth-order valence-corrected chi connectivity index (χ4v) is 1.33. The highest BCUT2D eigenvalue weighted by atomic mass is 16.5. The predicted octanol–water partition coefficient (Wildman–Crippen LogP) is 3.16. The van der Waals surface area contributed by atoms with Crippen molar-refractivity contribution in [2.75, 3.05) is 6.61 Å². The fourth-order valence-electron chi connectivity index (χ4n) is 1.33. The van der Waals surface area contributed by atoms with Crippen LogP contribution >= 0.6 is 0 Å². The number of ketones is 1. The zero-order valence-corrected chi connectivity index (χ0v) is 9.74. The van der Waals surface area contributed by atoms with E-state index in [4.69, 9.17) is 4.74 Å². The van der Waals surface area contributed by atoms with Crippen LogP contribution in [0.4, 0.5) is 0 Å². The van der Waals surface area contributed by atoms with Crippen LogP contribution in [0.5, 0.6) is 5.75 Å². The molecule has 0 spiro atoms. The largest absolute Gasteiger partial charge is 0.493 e. The van der Waals surface area contributed by atoms with Gasteiger partial charge in [-0.1, -0.05) is 18.2 Å². The van der Waals surface area contributed by atoms with E-state index < -0.39 is 0 Å². The van der Waals surface area contributed by atoms with Gasteiger partial charge in [0.25, 0.3) is 0 Å². The third-order valence-electron chi connectivity index (χ3n) is 2.28. The topological polar surface area (TPSA) is 26.3 Å². The molecule has 16 heavy (non-hydrogen) atoms. The molecule has 0 bridgehead atoms. The predicted molar refractivity (Wildman–Crippen MR) is 65.8 cm³/mol. The quantitative estimate of drug-likeness (QED) is 0.519. The van der Waals surface area contributed by atoms with Crippen molar-refractivity contribution in [1.82, 2.24) is 0 Å². The second-order valence-corrected chi connectivity index (χ2v) is 3.77. The Morgan fingerprint density at radius 3 is 2.62 bits per heavy atom. The Bertz CT molecular complexity index is 338. The minimum atomic E-state index is 0.228. The molecule has 0 aromatic heterocycles. The minimum absolute atomic E-state index is 0.228. The summed E-state index contributed by atoms with van der Waals surface area (Å²) in [6.45, 7) is 5.92. The van der Waals surface area contributed by atoms with Crippen LogP contribution in [0.2, 0.25) is 0 Å². The molecule has 0 heterocycles. The molecule has 0 saturated carbocycles. The van der Waals surface area contributed by atoms with Gasteiger partial charge >= 0.3 is 0 Å². The lowest BCUT2D eigenvalue weighted by atomic mass is 10.1. The van der Waals surface area contributed by atoms with Gasteiger partial charge in [-0.2, -0.15) is 0 Å². The first kappa shape index (κ1) is 12.5. The molecule has 0 N–H and O–H groups in total. The molecule has 2 nitrogen and oxygen atoms in total. The van der Waals surface area contributed by atoms with Gasteiger partial charge in [0, 0.05) is 6.42 Å². The number of rotatable bonds is 7. The Balaban J connectivity index is 2.41. The number of hydrogen-bond acceptors (Lipinski definition) is 2. The molecular weight excluding hydrogens is 200 g/mol. The van der Waals surface area contributed by atoms with E-state index >= 15 is 0 Å². The summed E-state index contributed by atoms with van der Waals surface area (Å²) in [6.07, 6.45) is 4.10. The summed E-state index contributed by atoms with van der Waals surface area (Å²) in [5.74, 6) is 1.10. The molecule has 0 fully saturated rings. The minimum Gasteiger partial charge on any atom is -0.493 e. The molecule has 0 saturated heterocycles. The van der Waals surface area contributed by atoms with Crippen LogP contribution in [0.3, 0.4) is 0 Å². The molecule has 2 heteroatoms. The standard InChI is InChI=1S/C14H18O2/c1-3-4-11-16-14-9-7-13(8-10-14)6-5-12(2)15/h3,7-10H,1,4-6,11H2,2H3. The lowest BCUT2D eigenvalue weighted by Crippen LogP contribution is -1.96. The Labute approximate surface area is 96.9 Å². The van der Waals surface area contributed by atoms with E-state index in [2.05, 4.69) is 6.58 Å². The normalized spacial score (nSPS) is 9.81. The molecule has 0 aliphatic carbocycles. The van der Waals surface area contributed by atoms with Crippen LogP contribution in [0.1, 0.15) is 25.3 Å². The van der Waals surface area contributed by atoms with E-state index in [0.29, 0.717) is 13.0 Å². The maximum Gasteiger partial charge on any atom is 0.130 e. The summed E-state index contributed by atoms with van der Waals surface area (Å²) < 4.78 is 5.49. The van der Waals surface area contributed by atoms with Gasteiger partial charge in [0.1, 0.15) is 11.5 Å². The second-order valence-electron chi connectivity index (χ2n) is 3.77. The van der Waals surface area contributed by atoms with Crippen LogP contribution in [0.15, 0.2) is 36.9 Å². The van der Waals surface area contributed by atoms with Crippen molar-refractivity contribution in [2.24, 2.45) is 0 Å². The van der Waals surface area contributed by atoms with E-state index in [1.807, 2.05) is 30.3 Å². The van der Waals surface area contributed by atoms with Gasteiger partial charge in [0.15, 0.2) is 0 Å². The first-order valence-electron chi connectivity index (χ1n) is 5.54. The molecule has 0 amide bonds. The number of hydrogen-bond donors (Lipinski definition) is 0. The molecule has 1 rings (SSSR count). The summed E-state index contributed by atoms with van der Waals surface area (Å²) in [4.78, 5) is 10.8. The Morgan fingerprint density at radius 1 is 1.38 bits per heavy atom. The number of ether oxygens (including phenoxy) is 1. The van der Waals surface area contributed by atoms with Crippen molar-refractivity contribution in [3.05, 3.63) is 42.5 Å². The van der Waals surface area contributed by atoms with E-state index in [0.717, 1.165) is 18.6 Å². The molecule has 1 aromatic rings. The molecule has 0 atom stereocenters. The summed E-state index contributed by atoms with van der Waals surface area (Å²) >= 11 is 0. The van der Waals surface area contributed by atoms with Crippen LogP contribution in [-0.4, -0.2) is 12.4 Å². The van der Waals surface area contributed by atoms with Crippen LogP contribution in [0.25, 0.3) is 0 Å². The van der Waals surface area contributed by atoms with Gasteiger partial charge in [-0.3, -0.25) is 0 Å². The van der Waals surface area contributed by atoms with E-state index in [1.165, 1.54) is 5.56 Å². The average Bonchev–Trinajstić information content (AvgIpc) is 2.28. The highest BCUT2D eigenvalue weighted by Gasteiger charge is 1.97. The number of benzene rings is 1. The third kappa shape index (κ3) is 4.78. The van der Waals surface area contributed by atoms with E-state index in [9.17, 15) is 4.79 Å². The zero-order chi connectivity index (χ0) is 11.8. The van der Waals surface area contributed by atoms with Crippen LogP contribution in [-0.2, 0) is 11.2 Å². The molecule has 0 aliphatic heterocycles. The second kappa shape index (κ2) is 6.83.